The van der Waals surface area contributed by atoms with Gasteiger partial charge in [-0.25, -0.2) is 0 Å². The first kappa shape index (κ1) is 16.6. The van der Waals surface area contributed by atoms with E-state index in [9.17, 15) is 4.79 Å². The van der Waals surface area contributed by atoms with Crippen LogP contribution in [0.5, 0.6) is 0 Å². The van der Waals surface area contributed by atoms with Gasteiger partial charge in [0.15, 0.2) is 0 Å². The number of rotatable bonds is 2. The number of hydrogen-bond acceptors (Lipinski definition) is 4. The van der Waals surface area contributed by atoms with Gasteiger partial charge in [0.05, 0.1) is 6.04 Å². The Hall–Kier alpha value is -0.720. The highest BCUT2D eigenvalue weighted by Gasteiger charge is 2.25. The third-order valence-corrected chi connectivity index (χ3v) is 5.14. The summed E-state index contributed by atoms with van der Waals surface area (Å²) in [6, 6.07) is 2.25. The fourth-order valence-corrected chi connectivity index (χ4v) is 3.89. The first-order valence-corrected chi connectivity index (χ1v) is 8.45. The van der Waals surface area contributed by atoms with Crippen LogP contribution in [-0.4, -0.2) is 57.8 Å². The average Bonchev–Trinajstić information content (AvgIpc) is 2.97. The van der Waals surface area contributed by atoms with E-state index in [4.69, 9.17) is 0 Å². The molecule has 21 heavy (non-hydrogen) atoms. The van der Waals surface area contributed by atoms with Gasteiger partial charge in [-0.3, -0.25) is 9.48 Å². The van der Waals surface area contributed by atoms with Crippen molar-refractivity contribution in [3.63, 3.8) is 0 Å². The zero-order valence-electron chi connectivity index (χ0n) is 12.3. The SMILES string of the molecule is CC1CN(C(=O)c2ccn(C3CCCNC3)n2)CCS1.Cl. The molecule has 2 atom stereocenters. The highest BCUT2D eigenvalue weighted by Crippen LogP contribution is 2.20. The largest absolute Gasteiger partial charge is 0.335 e. The Morgan fingerprint density at radius 2 is 2.38 bits per heavy atom. The van der Waals surface area contributed by atoms with Crippen LogP contribution in [0.4, 0.5) is 0 Å². The number of amides is 1. The lowest BCUT2D eigenvalue weighted by Crippen LogP contribution is -2.41. The topological polar surface area (TPSA) is 50.2 Å². The number of hydrogen-bond donors (Lipinski definition) is 1. The van der Waals surface area contributed by atoms with E-state index >= 15 is 0 Å². The second kappa shape index (κ2) is 7.51. The standard InChI is InChI=1S/C14H22N4OS.ClH/c1-11-10-17(7-8-20-11)14(19)13-4-6-18(16-13)12-3-2-5-15-9-12;/h4,6,11-12,15H,2-3,5,7-10H2,1H3;1H. The van der Waals surface area contributed by atoms with Crippen molar-refractivity contribution < 1.29 is 4.79 Å². The molecule has 7 heteroatoms. The first-order chi connectivity index (χ1) is 9.74. The molecule has 2 aliphatic rings. The maximum absolute atomic E-state index is 12.5. The monoisotopic (exact) mass is 330 g/mol. The van der Waals surface area contributed by atoms with Crippen LogP contribution in [0.15, 0.2) is 12.3 Å². The first-order valence-electron chi connectivity index (χ1n) is 7.41. The molecule has 2 saturated heterocycles. The van der Waals surface area contributed by atoms with Crippen molar-refractivity contribution in [2.24, 2.45) is 0 Å². The summed E-state index contributed by atoms with van der Waals surface area (Å²) in [6.45, 7) is 5.89. The predicted octanol–water partition coefficient (Wildman–Crippen LogP) is 1.81. The van der Waals surface area contributed by atoms with Crippen LogP contribution in [0.2, 0.25) is 0 Å². The van der Waals surface area contributed by atoms with E-state index < -0.39 is 0 Å². The van der Waals surface area contributed by atoms with Gasteiger partial charge in [-0.1, -0.05) is 6.92 Å². The highest BCUT2D eigenvalue weighted by molar-refractivity contribution is 7.99. The van der Waals surface area contributed by atoms with Crippen molar-refractivity contribution in [1.82, 2.24) is 20.0 Å². The summed E-state index contributed by atoms with van der Waals surface area (Å²) in [5.74, 6) is 1.11. The number of piperidine rings is 1. The molecule has 0 bridgehead atoms. The fraction of sp³-hybridized carbons (Fsp3) is 0.714. The minimum Gasteiger partial charge on any atom is -0.335 e. The van der Waals surface area contributed by atoms with Crippen LogP contribution in [0, 0.1) is 0 Å². The summed E-state index contributed by atoms with van der Waals surface area (Å²) in [5, 5.41) is 8.42. The lowest BCUT2D eigenvalue weighted by atomic mass is 10.1. The van der Waals surface area contributed by atoms with Gasteiger partial charge < -0.3 is 10.2 Å². The Morgan fingerprint density at radius 1 is 1.52 bits per heavy atom. The number of nitrogens with zero attached hydrogens (tertiary/aromatic N) is 3. The van der Waals surface area contributed by atoms with Crippen molar-refractivity contribution in [3.8, 4) is 0 Å². The summed E-state index contributed by atoms with van der Waals surface area (Å²) in [7, 11) is 0. The molecule has 1 aromatic rings. The number of nitrogens with one attached hydrogen (secondary N) is 1. The van der Waals surface area contributed by atoms with Gasteiger partial charge in [0.2, 0.25) is 0 Å². The molecule has 3 rings (SSSR count). The number of aromatic nitrogens is 2. The molecule has 2 aliphatic heterocycles. The second-order valence-corrected chi connectivity index (χ2v) is 7.16. The Kier molecular flexibility index (Phi) is 5.96. The molecule has 0 radical (unpaired) electrons. The van der Waals surface area contributed by atoms with E-state index in [0.29, 0.717) is 17.0 Å². The van der Waals surface area contributed by atoms with Gasteiger partial charge in [0, 0.05) is 36.8 Å². The predicted molar refractivity (Wildman–Crippen MR) is 88.4 cm³/mol. The molecule has 1 N–H and O–H groups in total. The summed E-state index contributed by atoms with van der Waals surface area (Å²) >= 11 is 1.93. The van der Waals surface area contributed by atoms with Crippen LogP contribution in [0.25, 0.3) is 0 Å². The van der Waals surface area contributed by atoms with Crippen molar-refractivity contribution in [1.29, 1.82) is 0 Å². The highest BCUT2D eigenvalue weighted by atomic mass is 35.5. The molecule has 5 nitrogen and oxygen atoms in total. The lowest BCUT2D eigenvalue weighted by molar-refractivity contribution is 0.0755. The van der Waals surface area contributed by atoms with Crippen LogP contribution in [0.1, 0.15) is 36.3 Å². The Bertz CT molecular complexity index is 475. The van der Waals surface area contributed by atoms with Crippen LogP contribution >= 0.6 is 24.2 Å². The van der Waals surface area contributed by atoms with Gasteiger partial charge in [-0.05, 0) is 25.5 Å². The number of carbonyl (C=O) groups excluding carboxylic acids is 1. The summed E-state index contributed by atoms with van der Waals surface area (Å²) < 4.78 is 1.96. The van der Waals surface area contributed by atoms with E-state index in [1.807, 2.05) is 33.6 Å². The molecular weight excluding hydrogens is 308 g/mol. The molecule has 118 valence electrons. The van der Waals surface area contributed by atoms with E-state index in [2.05, 4.69) is 17.3 Å². The summed E-state index contributed by atoms with van der Waals surface area (Å²) in [6.07, 6.45) is 4.27. The summed E-state index contributed by atoms with van der Waals surface area (Å²) in [4.78, 5) is 14.4. The number of carbonyl (C=O) groups is 1. The van der Waals surface area contributed by atoms with Crippen molar-refractivity contribution >= 4 is 30.1 Å². The molecular formula is C14H23ClN4OS. The zero-order valence-corrected chi connectivity index (χ0v) is 14.0. The van der Waals surface area contributed by atoms with Crippen molar-refractivity contribution in [2.45, 2.75) is 31.1 Å². The zero-order chi connectivity index (χ0) is 13.9. The molecule has 2 fully saturated rings. The minimum atomic E-state index is 0. The van der Waals surface area contributed by atoms with Crippen molar-refractivity contribution in [3.05, 3.63) is 18.0 Å². The molecule has 0 spiro atoms. The quantitative estimate of drug-likeness (QED) is 0.898. The fourth-order valence-electron chi connectivity index (χ4n) is 2.88. The lowest BCUT2D eigenvalue weighted by Gasteiger charge is -2.30. The second-order valence-electron chi connectivity index (χ2n) is 5.61. The van der Waals surface area contributed by atoms with Gasteiger partial charge >= 0.3 is 0 Å². The molecule has 2 unspecified atom stereocenters. The summed E-state index contributed by atoms with van der Waals surface area (Å²) in [5.41, 5.74) is 0.592. The molecule has 1 aromatic heterocycles. The number of halogens is 1. The van der Waals surface area contributed by atoms with Crippen LogP contribution < -0.4 is 5.32 Å². The molecule has 0 aliphatic carbocycles. The van der Waals surface area contributed by atoms with E-state index in [-0.39, 0.29) is 18.3 Å². The van der Waals surface area contributed by atoms with E-state index in [1.54, 1.807) is 0 Å². The molecule has 3 heterocycles. The minimum absolute atomic E-state index is 0. The Labute approximate surface area is 136 Å². The van der Waals surface area contributed by atoms with Crippen molar-refractivity contribution in [2.75, 3.05) is 31.9 Å². The maximum atomic E-state index is 12.5. The third kappa shape index (κ3) is 3.93. The molecule has 1 amide bonds. The Balaban J connectivity index is 0.00000161. The van der Waals surface area contributed by atoms with Gasteiger partial charge in [-0.15, -0.1) is 12.4 Å². The van der Waals surface area contributed by atoms with Gasteiger partial charge in [0.1, 0.15) is 5.69 Å². The smallest absolute Gasteiger partial charge is 0.274 e. The maximum Gasteiger partial charge on any atom is 0.274 e. The van der Waals surface area contributed by atoms with Gasteiger partial charge in [-0.2, -0.15) is 16.9 Å². The Morgan fingerprint density at radius 3 is 3.10 bits per heavy atom. The molecule has 0 saturated carbocycles. The van der Waals surface area contributed by atoms with Gasteiger partial charge in [0.25, 0.3) is 5.91 Å². The third-order valence-electron chi connectivity index (χ3n) is 4.00. The van der Waals surface area contributed by atoms with E-state index in [1.165, 1.54) is 6.42 Å². The van der Waals surface area contributed by atoms with Crippen LogP contribution in [-0.2, 0) is 0 Å². The number of thioether (sulfide) groups is 1. The molecule has 0 aromatic carbocycles. The average molecular weight is 331 g/mol. The van der Waals surface area contributed by atoms with E-state index in [0.717, 1.165) is 38.4 Å². The van der Waals surface area contributed by atoms with Crippen LogP contribution in [0.3, 0.4) is 0 Å². The normalized spacial score (nSPS) is 26.2.